The third-order valence-corrected chi connectivity index (χ3v) is 5.96. The van der Waals surface area contributed by atoms with Crippen LogP contribution in [0.3, 0.4) is 0 Å². The minimum absolute atomic E-state index is 0.219. The van der Waals surface area contributed by atoms with Crippen molar-refractivity contribution in [3.8, 4) is 0 Å². The first-order valence-corrected chi connectivity index (χ1v) is 10.4. The van der Waals surface area contributed by atoms with Crippen LogP contribution < -0.4 is 4.31 Å². The Morgan fingerprint density at radius 3 is 2.62 bits per heavy atom. The Hall–Kier alpha value is -0.980. The monoisotopic (exact) mass is 392 g/mol. The van der Waals surface area contributed by atoms with E-state index in [4.69, 9.17) is 23.2 Å². The number of benzene rings is 1. The third kappa shape index (κ3) is 4.35. The van der Waals surface area contributed by atoms with Gasteiger partial charge in [0.15, 0.2) is 0 Å². The third-order valence-electron chi connectivity index (χ3n) is 4.18. The van der Waals surface area contributed by atoms with E-state index in [-0.39, 0.29) is 16.6 Å². The van der Waals surface area contributed by atoms with Crippen molar-refractivity contribution in [3.63, 3.8) is 0 Å². The second-order valence-electron chi connectivity index (χ2n) is 6.36. The van der Waals surface area contributed by atoms with Crippen LogP contribution >= 0.6 is 23.2 Å². The minimum Gasteiger partial charge on any atom is -0.341 e. The summed E-state index contributed by atoms with van der Waals surface area (Å²) in [7, 11) is -3.71. The number of hydrogen-bond donors (Lipinski definition) is 0. The van der Waals surface area contributed by atoms with Gasteiger partial charge in [0.05, 0.1) is 17.0 Å². The molecule has 1 aliphatic rings. The first-order chi connectivity index (χ1) is 11.1. The molecule has 0 spiro atoms. The molecule has 0 saturated carbocycles. The molecule has 8 heteroatoms. The average Bonchev–Trinajstić information content (AvgIpc) is 2.48. The number of likely N-dealkylation sites (tertiary alicyclic amines) is 1. The highest BCUT2D eigenvalue weighted by Gasteiger charge is 2.34. The van der Waals surface area contributed by atoms with E-state index in [9.17, 15) is 13.2 Å². The molecule has 1 amide bonds. The number of amides is 1. The Kier molecular flexibility index (Phi) is 6.04. The summed E-state index contributed by atoms with van der Waals surface area (Å²) >= 11 is 12.2. The predicted octanol–water partition coefficient (Wildman–Crippen LogP) is 3.41. The second kappa shape index (κ2) is 7.50. The molecule has 1 heterocycles. The summed E-state index contributed by atoms with van der Waals surface area (Å²) in [5.74, 6) is 0.194. The van der Waals surface area contributed by atoms with E-state index in [2.05, 4.69) is 6.92 Å². The standard InChI is InChI=1S/C16H22Cl2N2O3S/c1-11-5-4-8-19(10-11)16(21)12(2)20(24(3,22)23)15-9-13(17)6-7-14(15)18/h6-7,9,11-12H,4-5,8,10H2,1-3H3/t11-,12-/m1/s1. The quantitative estimate of drug-likeness (QED) is 0.788. The number of halogens is 2. The lowest BCUT2D eigenvalue weighted by atomic mass is 10.00. The van der Waals surface area contributed by atoms with Crippen molar-refractivity contribution in [2.75, 3.05) is 23.7 Å². The Morgan fingerprint density at radius 2 is 2.04 bits per heavy atom. The van der Waals surface area contributed by atoms with Crippen molar-refractivity contribution in [1.82, 2.24) is 4.90 Å². The van der Waals surface area contributed by atoms with Gasteiger partial charge in [0.25, 0.3) is 0 Å². The fourth-order valence-corrected chi connectivity index (χ4v) is 4.68. The lowest BCUT2D eigenvalue weighted by Crippen LogP contribution is -2.51. The second-order valence-corrected chi connectivity index (χ2v) is 9.07. The average molecular weight is 393 g/mol. The first-order valence-electron chi connectivity index (χ1n) is 7.84. The molecule has 1 aromatic rings. The van der Waals surface area contributed by atoms with E-state index < -0.39 is 16.1 Å². The molecular weight excluding hydrogens is 371 g/mol. The van der Waals surface area contributed by atoms with Crippen LogP contribution in [0.5, 0.6) is 0 Å². The van der Waals surface area contributed by atoms with Crippen LogP contribution in [0.25, 0.3) is 0 Å². The first kappa shape index (κ1) is 19.3. The van der Waals surface area contributed by atoms with E-state index >= 15 is 0 Å². The molecule has 0 unspecified atom stereocenters. The van der Waals surface area contributed by atoms with Gasteiger partial charge in [-0.3, -0.25) is 9.10 Å². The molecule has 1 saturated heterocycles. The van der Waals surface area contributed by atoms with Gasteiger partial charge in [0.2, 0.25) is 15.9 Å². The molecule has 1 aromatic carbocycles. The van der Waals surface area contributed by atoms with Gasteiger partial charge in [-0.05, 0) is 43.9 Å². The van der Waals surface area contributed by atoms with Gasteiger partial charge in [0, 0.05) is 18.1 Å². The molecule has 0 radical (unpaired) electrons. The van der Waals surface area contributed by atoms with Crippen LogP contribution in [-0.2, 0) is 14.8 Å². The topological polar surface area (TPSA) is 57.7 Å². The van der Waals surface area contributed by atoms with Crippen molar-refractivity contribution < 1.29 is 13.2 Å². The van der Waals surface area contributed by atoms with E-state index in [0.29, 0.717) is 24.0 Å². The van der Waals surface area contributed by atoms with Crippen LogP contribution in [-0.4, -0.2) is 44.6 Å². The maximum absolute atomic E-state index is 12.8. The van der Waals surface area contributed by atoms with E-state index in [1.54, 1.807) is 17.9 Å². The summed E-state index contributed by atoms with van der Waals surface area (Å²) in [6.45, 7) is 4.96. The molecule has 0 aromatic heterocycles. The number of anilines is 1. The molecule has 1 aliphatic heterocycles. The molecule has 5 nitrogen and oxygen atoms in total. The van der Waals surface area contributed by atoms with Crippen LogP contribution in [0.1, 0.15) is 26.7 Å². The van der Waals surface area contributed by atoms with E-state index in [1.807, 2.05) is 0 Å². The number of rotatable bonds is 4. The normalized spacial score (nSPS) is 19.9. The maximum atomic E-state index is 12.8. The number of carbonyl (C=O) groups excluding carboxylic acids is 1. The summed E-state index contributed by atoms with van der Waals surface area (Å²) in [5.41, 5.74) is 0.220. The van der Waals surface area contributed by atoms with E-state index in [1.165, 1.54) is 12.1 Å². The van der Waals surface area contributed by atoms with Crippen LogP contribution in [0.2, 0.25) is 10.0 Å². The van der Waals surface area contributed by atoms with Gasteiger partial charge < -0.3 is 4.90 Å². The predicted molar refractivity (Wildman–Crippen MR) is 98.2 cm³/mol. The fourth-order valence-electron chi connectivity index (χ4n) is 3.08. The van der Waals surface area contributed by atoms with Crippen LogP contribution in [0, 0.1) is 5.92 Å². The molecular formula is C16H22Cl2N2O3S. The highest BCUT2D eigenvalue weighted by molar-refractivity contribution is 7.92. The summed E-state index contributed by atoms with van der Waals surface area (Å²) in [6, 6.07) is 3.68. The van der Waals surface area contributed by atoms with Crippen molar-refractivity contribution >= 4 is 44.8 Å². The van der Waals surface area contributed by atoms with E-state index in [0.717, 1.165) is 23.4 Å². The van der Waals surface area contributed by atoms with Crippen molar-refractivity contribution in [2.24, 2.45) is 5.92 Å². The zero-order valence-electron chi connectivity index (χ0n) is 14.0. The summed E-state index contributed by atoms with van der Waals surface area (Å²) in [4.78, 5) is 14.6. The molecule has 0 N–H and O–H groups in total. The molecule has 0 aliphatic carbocycles. The van der Waals surface area contributed by atoms with Gasteiger partial charge in [0.1, 0.15) is 6.04 Å². The fraction of sp³-hybridized carbons (Fsp3) is 0.562. The summed E-state index contributed by atoms with van der Waals surface area (Å²) in [6.07, 6.45) is 3.07. The Bertz CT molecular complexity index is 724. The zero-order chi connectivity index (χ0) is 18.1. The van der Waals surface area contributed by atoms with Crippen molar-refractivity contribution in [3.05, 3.63) is 28.2 Å². The zero-order valence-corrected chi connectivity index (χ0v) is 16.3. The number of sulfonamides is 1. The van der Waals surface area contributed by atoms with Gasteiger partial charge in [-0.2, -0.15) is 0 Å². The largest absolute Gasteiger partial charge is 0.341 e. The van der Waals surface area contributed by atoms with Crippen LogP contribution in [0.15, 0.2) is 18.2 Å². The Balaban J connectivity index is 2.38. The van der Waals surface area contributed by atoms with Crippen molar-refractivity contribution in [1.29, 1.82) is 0 Å². The Morgan fingerprint density at radius 1 is 1.38 bits per heavy atom. The molecule has 134 valence electrons. The SMILES string of the molecule is C[C@@H]1CCCN(C(=O)[C@@H](C)N(c2cc(Cl)ccc2Cl)S(C)(=O)=O)C1. The molecule has 2 atom stereocenters. The van der Waals surface area contributed by atoms with Gasteiger partial charge in [-0.15, -0.1) is 0 Å². The molecule has 2 rings (SSSR count). The number of carbonyl (C=O) groups is 1. The van der Waals surface area contributed by atoms with Gasteiger partial charge in [-0.25, -0.2) is 8.42 Å². The maximum Gasteiger partial charge on any atom is 0.246 e. The lowest BCUT2D eigenvalue weighted by Gasteiger charge is -2.36. The highest BCUT2D eigenvalue weighted by atomic mass is 35.5. The number of nitrogens with zero attached hydrogens (tertiary/aromatic N) is 2. The smallest absolute Gasteiger partial charge is 0.246 e. The minimum atomic E-state index is -3.71. The number of piperidine rings is 1. The summed E-state index contributed by atoms with van der Waals surface area (Å²) < 4.78 is 25.7. The van der Waals surface area contributed by atoms with Gasteiger partial charge >= 0.3 is 0 Å². The Labute approximate surface area is 153 Å². The number of hydrogen-bond acceptors (Lipinski definition) is 3. The lowest BCUT2D eigenvalue weighted by molar-refractivity contribution is -0.133. The summed E-state index contributed by atoms with van der Waals surface area (Å²) in [5, 5.41) is 0.589. The van der Waals surface area contributed by atoms with Crippen molar-refractivity contribution in [2.45, 2.75) is 32.7 Å². The highest BCUT2D eigenvalue weighted by Crippen LogP contribution is 2.32. The molecule has 1 fully saturated rings. The van der Waals surface area contributed by atoms with Gasteiger partial charge in [-0.1, -0.05) is 30.1 Å². The van der Waals surface area contributed by atoms with Crippen LogP contribution in [0.4, 0.5) is 5.69 Å². The molecule has 24 heavy (non-hydrogen) atoms. The molecule has 0 bridgehead atoms.